The summed E-state index contributed by atoms with van der Waals surface area (Å²) >= 11 is 0. The Bertz CT molecular complexity index is 522. The van der Waals surface area contributed by atoms with Crippen molar-refractivity contribution in [3.8, 4) is 0 Å². The van der Waals surface area contributed by atoms with Gasteiger partial charge < -0.3 is 0 Å². The minimum absolute atomic E-state index is 0.522. The predicted octanol–water partition coefficient (Wildman–Crippen LogP) is 2.85. The lowest BCUT2D eigenvalue weighted by atomic mass is 10.0. The minimum atomic E-state index is 0.522. The molecule has 1 aromatic carbocycles. The third-order valence-corrected chi connectivity index (χ3v) is 2.81. The summed E-state index contributed by atoms with van der Waals surface area (Å²) in [5, 5.41) is 8.65. The topological polar surface area (TPSA) is 28.7 Å². The lowest BCUT2D eigenvalue weighted by Crippen LogP contribution is -1.96. The number of hydrogen-bond acceptors (Lipinski definition) is 1. The highest BCUT2D eigenvalue weighted by Crippen LogP contribution is 2.21. The Balaban J connectivity index is 1.97. The van der Waals surface area contributed by atoms with Crippen LogP contribution < -0.4 is 0 Å². The molecule has 0 aliphatic heterocycles. The highest BCUT2D eigenvalue weighted by Gasteiger charge is 2.09. The van der Waals surface area contributed by atoms with E-state index in [1.807, 2.05) is 12.1 Å². The normalized spacial score (nSPS) is 15.5. The van der Waals surface area contributed by atoms with Gasteiger partial charge in [-0.05, 0) is 12.5 Å². The Morgan fingerprint density at radius 1 is 1.13 bits per heavy atom. The molecule has 2 heteroatoms. The molecule has 3 rings (SSSR count). The van der Waals surface area contributed by atoms with Crippen LogP contribution in [0, 0.1) is 5.92 Å². The van der Waals surface area contributed by atoms with E-state index >= 15 is 0 Å². The molecule has 1 aromatic heterocycles. The Morgan fingerprint density at radius 2 is 1.93 bits per heavy atom. The summed E-state index contributed by atoms with van der Waals surface area (Å²) in [4.78, 5) is 0. The van der Waals surface area contributed by atoms with E-state index in [9.17, 15) is 0 Å². The molecule has 0 bridgehead atoms. The van der Waals surface area contributed by atoms with Crippen LogP contribution in [0.5, 0.6) is 0 Å². The first kappa shape index (κ1) is 8.48. The summed E-state index contributed by atoms with van der Waals surface area (Å²) in [6, 6.07) is 8.23. The van der Waals surface area contributed by atoms with E-state index in [0.717, 1.165) is 11.9 Å². The first-order valence-corrected chi connectivity index (χ1v) is 5.20. The number of fused-ring (bicyclic) bond motifs is 1. The van der Waals surface area contributed by atoms with Gasteiger partial charge in [-0.1, -0.05) is 42.5 Å². The maximum atomic E-state index is 4.29. The number of rotatable bonds is 2. The van der Waals surface area contributed by atoms with E-state index in [0.29, 0.717) is 5.92 Å². The van der Waals surface area contributed by atoms with Gasteiger partial charge >= 0.3 is 0 Å². The Hall–Kier alpha value is -1.83. The molecular weight excluding hydrogens is 184 g/mol. The van der Waals surface area contributed by atoms with Crippen LogP contribution in [0.3, 0.4) is 0 Å². The smallest absolute Gasteiger partial charge is 0.0923 e. The highest BCUT2D eigenvalue weighted by molar-refractivity contribution is 5.81. The number of aromatic amines is 1. The van der Waals surface area contributed by atoms with Crippen LogP contribution in [0.15, 0.2) is 48.6 Å². The van der Waals surface area contributed by atoms with Crippen molar-refractivity contribution in [2.45, 2.75) is 6.42 Å². The average Bonchev–Trinajstić information content (AvgIpc) is 2.89. The van der Waals surface area contributed by atoms with E-state index < -0.39 is 0 Å². The monoisotopic (exact) mass is 196 g/mol. The number of hydrogen-bond donors (Lipinski definition) is 1. The molecule has 0 unspecified atom stereocenters. The Labute approximate surface area is 88.3 Å². The summed E-state index contributed by atoms with van der Waals surface area (Å²) in [6.45, 7) is 0. The van der Waals surface area contributed by atoms with Crippen LogP contribution in [0.25, 0.3) is 10.9 Å². The molecule has 1 N–H and O–H groups in total. The summed E-state index contributed by atoms with van der Waals surface area (Å²) in [5.74, 6) is 0.522. The van der Waals surface area contributed by atoms with E-state index in [-0.39, 0.29) is 0 Å². The molecule has 0 fully saturated rings. The lowest BCUT2D eigenvalue weighted by molar-refractivity contribution is 0.788. The van der Waals surface area contributed by atoms with Crippen molar-refractivity contribution in [3.05, 3.63) is 54.3 Å². The number of allylic oxidation sites excluding steroid dienone is 4. The molecule has 0 atom stereocenters. The molecule has 1 heterocycles. The van der Waals surface area contributed by atoms with Gasteiger partial charge in [-0.3, -0.25) is 5.10 Å². The van der Waals surface area contributed by atoms with E-state index in [2.05, 4.69) is 46.6 Å². The first-order valence-electron chi connectivity index (χ1n) is 5.20. The number of aromatic nitrogens is 2. The van der Waals surface area contributed by atoms with Crippen LogP contribution in [0.4, 0.5) is 0 Å². The summed E-state index contributed by atoms with van der Waals surface area (Å²) < 4.78 is 0. The summed E-state index contributed by atoms with van der Waals surface area (Å²) in [7, 11) is 0. The van der Waals surface area contributed by atoms with Gasteiger partial charge in [0.25, 0.3) is 0 Å². The largest absolute Gasteiger partial charge is 0.281 e. The quantitative estimate of drug-likeness (QED) is 0.786. The second-order valence-electron chi connectivity index (χ2n) is 3.86. The van der Waals surface area contributed by atoms with Crippen LogP contribution in [0.2, 0.25) is 0 Å². The SMILES string of the molecule is C1=CC(Cc2[nH]nc3ccccc23)C=C1. The first-order chi connectivity index (χ1) is 7.43. The number of benzene rings is 1. The van der Waals surface area contributed by atoms with Crippen molar-refractivity contribution in [2.24, 2.45) is 5.92 Å². The highest BCUT2D eigenvalue weighted by atomic mass is 15.1. The Morgan fingerprint density at radius 3 is 2.80 bits per heavy atom. The van der Waals surface area contributed by atoms with Gasteiger partial charge in [0.2, 0.25) is 0 Å². The van der Waals surface area contributed by atoms with E-state index in [1.54, 1.807) is 0 Å². The van der Waals surface area contributed by atoms with Gasteiger partial charge in [0, 0.05) is 17.0 Å². The van der Waals surface area contributed by atoms with Gasteiger partial charge in [-0.15, -0.1) is 0 Å². The van der Waals surface area contributed by atoms with Gasteiger partial charge in [0.05, 0.1) is 5.52 Å². The lowest BCUT2D eigenvalue weighted by Gasteiger charge is -2.02. The zero-order valence-corrected chi connectivity index (χ0v) is 8.35. The second-order valence-corrected chi connectivity index (χ2v) is 3.86. The molecule has 1 aliphatic rings. The van der Waals surface area contributed by atoms with Crippen molar-refractivity contribution in [1.29, 1.82) is 0 Å². The number of H-pyrrole nitrogens is 1. The van der Waals surface area contributed by atoms with Crippen molar-refractivity contribution < 1.29 is 0 Å². The number of nitrogens with one attached hydrogen (secondary N) is 1. The summed E-state index contributed by atoms with van der Waals surface area (Å²) in [6.07, 6.45) is 9.64. The van der Waals surface area contributed by atoms with E-state index in [1.165, 1.54) is 11.1 Å². The molecule has 2 aromatic rings. The Kier molecular flexibility index (Phi) is 1.91. The van der Waals surface area contributed by atoms with Crippen LogP contribution in [-0.4, -0.2) is 10.2 Å². The molecule has 0 amide bonds. The minimum Gasteiger partial charge on any atom is -0.281 e. The molecule has 74 valence electrons. The predicted molar refractivity (Wildman–Crippen MR) is 61.6 cm³/mol. The van der Waals surface area contributed by atoms with Crippen LogP contribution in [0.1, 0.15) is 5.69 Å². The van der Waals surface area contributed by atoms with Crippen molar-refractivity contribution in [2.75, 3.05) is 0 Å². The third-order valence-electron chi connectivity index (χ3n) is 2.81. The fourth-order valence-corrected chi connectivity index (χ4v) is 2.02. The third kappa shape index (κ3) is 1.48. The number of para-hydroxylation sites is 1. The van der Waals surface area contributed by atoms with E-state index in [4.69, 9.17) is 0 Å². The second kappa shape index (κ2) is 3.39. The standard InChI is InChI=1S/C13H12N2/c1-2-6-10(5-1)9-13-11-7-3-4-8-12(11)14-15-13/h1-8,10H,9H2,(H,14,15). The maximum Gasteiger partial charge on any atom is 0.0923 e. The van der Waals surface area contributed by atoms with Crippen molar-refractivity contribution >= 4 is 10.9 Å². The van der Waals surface area contributed by atoms with Crippen molar-refractivity contribution in [3.63, 3.8) is 0 Å². The van der Waals surface area contributed by atoms with Gasteiger partial charge in [-0.2, -0.15) is 5.10 Å². The summed E-state index contributed by atoms with van der Waals surface area (Å²) in [5.41, 5.74) is 2.28. The van der Waals surface area contributed by atoms with Crippen molar-refractivity contribution in [1.82, 2.24) is 10.2 Å². The molecular formula is C13H12N2. The van der Waals surface area contributed by atoms with Crippen LogP contribution in [-0.2, 0) is 6.42 Å². The zero-order valence-electron chi connectivity index (χ0n) is 8.35. The van der Waals surface area contributed by atoms with Gasteiger partial charge in [0.1, 0.15) is 0 Å². The molecule has 0 radical (unpaired) electrons. The van der Waals surface area contributed by atoms with Crippen LogP contribution >= 0.6 is 0 Å². The van der Waals surface area contributed by atoms with Gasteiger partial charge in [0.15, 0.2) is 0 Å². The maximum absolute atomic E-state index is 4.29. The van der Waals surface area contributed by atoms with Gasteiger partial charge in [-0.25, -0.2) is 0 Å². The fourth-order valence-electron chi connectivity index (χ4n) is 2.02. The molecule has 0 saturated carbocycles. The molecule has 0 saturated heterocycles. The number of nitrogens with zero attached hydrogens (tertiary/aromatic N) is 1. The fraction of sp³-hybridized carbons (Fsp3) is 0.154. The molecule has 15 heavy (non-hydrogen) atoms. The molecule has 0 spiro atoms. The average molecular weight is 196 g/mol. The molecule has 1 aliphatic carbocycles. The molecule has 2 nitrogen and oxygen atoms in total. The zero-order chi connectivity index (χ0) is 10.1.